The van der Waals surface area contributed by atoms with E-state index in [-0.39, 0.29) is 12.2 Å². The first-order chi connectivity index (χ1) is 12.0. The maximum Gasteiger partial charge on any atom is 0.288 e. The lowest BCUT2D eigenvalue weighted by atomic mass is 10.2. The molecular formula is C17H23N3O4S. The molecule has 0 N–H and O–H groups in total. The van der Waals surface area contributed by atoms with E-state index in [0.717, 1.165) is 18.7 Å². The van der Waals surface area contributed by atoms with Gasteiger partial charge in [0.15, 0.2) is 11.5 Å². The zero-order valence-corrected chi connectivity index (χ0v) is 15.7. The van der Waals surface area contributed by atoms with Gasteiger partial charge in [-0.2, -0.15) is 0 Å². The minimum Gasteiger partial charge on any atom is -0.493 e. The second-order valence-electron chi connectivity index (χ2n) is 6.18. The molecular weight excluding hydrogens is 342 g/mol. The summed E-state index contributed by atoms with van der Waals surface area (Å²) < 4.78 is 23.7. The quantitative estimate of drug-likeness (QED) is 0.755. The van der Waals surface area contributed by atoms with Crippen LogP contribution < -0.4 is 9.47 Å². The predicted molar refractivity (Wildman–Crippen MR) is 95.4 cm³/mol. The third-order valence-corrected chi connectivity index (χ3v) is 4.36. The number of hydrogen-bond acceptors (Lipinski definition) is 7. The van der Waals surface area contributed by atoms with Crippen molar-refractivity contribution in [3.8, 4) is 23.0 Å². The fourth-order valence-corrected chi connectivity index (χ4v) is 3.25. The van der Waals surface area contributed by atoms with Crippen molar-refractivity contribution in [2.45, 2.75) is 32.7 Å². The Labute approximate surface area is 152 Å². The van der Waals surface area contributed by atoms with Crippen LogP contribution in [0.1, 0.15) is 13.8 Å². The van der Waals surface area contributed by atoms with Crippen LogP contribution in [0.2, 0.25) is 0 Å². The van der Waals surface area contributed by atoms with E-state index in [4.69, 9.17) is 30.8 Å². The van der Waals surface area contributed by atoms with Gasteiger partial charge in [-0.25, -0.2) is 4.68 Å². The summed E-state index contributed by atoms with van der Waals surface area (Å²) in [6.45, 7) is 6.39. The lowest BCUT2D eigenvalue weighted by Gasteiger charge is -2.34. The molecule has 136 valence electrons. The molecule has 0 spiro atoms. The van der Waals surface area contributed by atoms with Crippen molar-refractivity contribution in [3.63, 3.8) is 0 Å². The summed E-state index contributed by atoms with van der Waals surface area (Å²) in [5.41, 5.74) is 0.784. The molecule has 2 heterocycles. The van der Waals surface area contributed by atoms with Crippen LogP contribution in [0.15, 0.2) is 22.6 Å². The van der Waals surface area contributed by atoms with E-state index >= 15 is 0 Å². The van der Waals surface area contributed by atoms with E-state index in [1.807, 2.05) is 18.2 Å². The average Bonchev–Trinajstić information content (AvgIpc) is 2.94. The van der Waals surface area contributed by atoms with Crippen LogP contribution in [0, 0.1) is 4.84 Å². The Kier molecular flexibility index (Phi) is 5.41. The second kappa shape index (κ2) is 7.55. The third kappa shape index (κ3) is 4.02. The molecule has 0 amide bonds. The highest BCUT2D eigenvalue weighted by atomic mass is 32.1. The van der Waals surface area contributed by atoms with E-state index < -0.39 is 0 Å². The molecule has 0 aliphatic carbocycles. The van der Waals surface area contributed by atoms with Crippen molar-refractivity contribution in [1.29, 1.82) is 0 Å². The molecule has 3 rings (SSSR count). The lowest BCUT2D eigenvalue weighted by molar-refractivity contribution is -0.0778. The van der Waals surface area contributed by atoms with Gasteiger partial charge in [-0.3, -0.25) is 4.90 Å². The summed E-state index contributed by atoms with van der Waals surface area (Å²) >= 11 is 5.33. The predicted octanol–water partition coefficient (Wildman–Crippen LogP) is 2.96. The van der Waals surface area contributed by atoms with Gasteiger partial charge < -0.3 is 18.6 Å². The highest BCUT2D eigenvalue weighted by Crippen LogP contribution is 2.31. The van der Waals surface area contributed by atoms with Gasteiger partial charge in [0, 0.05) is 18.7 Å². The molecule has 0 saturated carbocycles. The van der Waals surface area contributed by atoms with Crippen molar-refractivity contribution >= 4 is 12.2 Å². The van der Waals surface area contributed by atoms with E-state index in [1.165, 1.54) is 0 Å². The van der Waals surface area contributed by atoms with Crippen LogP contribution in [-0.2, 0) is 11.4 Å². The molecule has 7 nitrogen and oxygen atoms in total. The van der Waals surface area contributed by atoms with Crippen LogP contribution in [0.3, 0.4) is 0 Å². The SMILES string of the molecule is COc1ccc(-c2nn(CN3C[C@@H](C)O[C@@H](C)C3)c(=S)o2)cc1OC. The molecule has 1 aromatic heterocycles. The first-order valence-electron chi connectivity index (χ1n) is 8.18. The first-order valence-corrected chi connectivity index (χ1v) is 8.59. The standard InChI is InChI=1S/C17H23N3O4S/c1-11-8-19(9-12(2)23-11)10-20-17(25)24-16(18-20)13-5-6-14(21-3)15(7-13)22-4/h5-7,11-12H,8-10H2,1-4H3/t11-,12+. The van der Waals surface area contributed by atoms with Crippen molar-refractivity contribution in [2.24, 2.45) is 0 Å². The van der Waals surface area contributed by atoms with Gasteiger partial charge in [0.1, 0.15) is 0 Å². The van der Waals surface area contributed by atoms with Crippen molar-refractivity contribution in [3.05, 3.63) is 23.0 Å². The largest absolute Gasteiger partial charge is 0.493 e. The smallest absolute Gasteiger partial charge is 0.288 e. The topological polar surface area (TPSA) is 61.9 Å². The first kappa shape index (κ1) is 17.9. The van der Waals surface area contributed by atoms with E-state index in [2.05, 4.69) is 23.8 Å². The lowest BCUT2D eigenvalue weighted by Crippen LogP contribution is -2.46. The molecule has 1 aromatic carbocycles. The molecule has 0 unspecified atom stereocenters. The average molecular weight is 365 g/mol. The van der Waals surface area contributed by atoms with E-state index in [1.54, 1.807) is 18.9 Å². The van der Waals surface area contributed by atoms with Gasteiger partial charge in [-0.05, 0) is 44.3 Å². The summed E-state index contributed by atoms with van der Waals surface area (Å²) in [5, 5.41) is 4.52. The number of ether oxygens (including phenoxy) is 3. The Bertz CT molecular complexity index is 778. The maximum atomic E-state index is 5.76. The molecule has 2 aromatic rings. The number of hydrogen-bond donors (Lipinski definition) is 0. The van der Waals surface area contributed by atoms with Crippen LogP contribution in [0.5, 0.6) is 11.5 Å². The Balaban J connectivity index is 1.82. The molecule has 1 aliphatic heterocycles. The summed E-state index contributed by atoms with van der Waals surface area (Å²) in [6, 6.07) is 5.50. The molecule has 2 atom stereocenters. The Morgan fingerprint density at radius 1 is 1.16 bits per heavy atom. The normalized spacial score (nSPS) is 21.3. The van der Waals surface area contributed by atoms with Crippen LogP contribution in [0.25, 0.3) is 11.5 Å². The minimum atomic E-state index is 0.190. The number of aromatic nitrogens is 2. The fourth-order valence-electron chi connectivity index (χ4n) is 3.07. The zero-order chi connectivity index (χ0) is 18.0. The number of methoxy groups -OCH3 is 2. The van der Waals surface area contributed by atoms with E-state index in [9.17, 15) is 0 Å². The Morgan fingerprint density at radius 3 is 2.48 bits per heavy atom. The molecule has 0 bridgehead atoms. The van der Waals surface area contributed by atoms with Crippen LogP contribution in [-0.4, -0.2) is 54.2 Å². The summed E-state index contributed by atoms with van der Waals surface area (Å²) in [6.07, 6.45) is 0.380. The summed E-state index contributed by atoms with van der Waals surface area (Å²) in [7, 11) is 3.19. The Hall–Kier alpha value is -1.90. The molecule has 1 aliphatic rings. The molecule has 25 heavy (non-hydrogen) atoms. The van der Waals surface area contributed by atoms with Crippen molar-refractivity contribution < 1.29 is 18.6 Å². The van der Waals surface area contributed by atoms with Gasteiger partial charge in [-0.15, -0.1) is 5.10 Å². The van der Waals surface area contributed by atoms with Gasteiger partial charge in [-0.1, -0.05) is 0 Å². The highest BCUT2D eigenvalue weighted by molar-refractivity contribution is 7.71. The monoisotopic (exact) mass is 365 g/mol. The number of nitrogens with zero attached hydrogens (tertiary/aromatic N) is 3. The number of morpholine rings is 1. The zero-order valence-electron chi connectivity index (χ0n) is 14.9. The second-order valence-corrected chi connectivity index (χ2v) is 6.53. The molecule has 1 saturated heterocycles. The maximum absolute atomic E-state index is 5.76. The van der Waals surface area contributed by atoms with Crippen LogP contribution in [0.4, 0.5) is 0 Å². The van der Waals surface area contributed by atoms with Gasteiger partial charge >= 0.3 is 0 Å². The number of rotatable bonds is 5. The van der Waals surface area contributed by atoms with Gasteiger partial charge in [0.05, 0.1) is 33.1 Å². The highest BCUT2D eigenvalue weighted by Gasteiger charge is 2.23. The van der Waals surface area contributed by atoms with Crippen molar-refractivity contribution in [1.82, 2.24) is 14.7 Å². The third-order valence-electron chi connectivity index (χ3n) is 4.07. The minimum absolute atomic E-state index is 0.190. The summed E-state index contributed by atoms with van der Waals surface area (Å²) in [5.74, 6) is 1.73. The number of benzene rings is 1. The molecule has 1 fully saturated rings. The fraction of sp³-hybridized carbons (Fsp3) is 0.529. The Morgan fingerprint density at radius 2 is 1.84 bits per heavy atom. The summed E-state index contributed by atoms with van der Waals surface area (Å²) in [4.78, 5) is 2.60. The van der Waals surface area contributed by atoms with Crippen molar-refractivity contribution in [2.75, 3.05) is 27.3 Å². The van der Waals surface area contributed by atoms with Crippen LogP contribution >= 0.6 is 12.2 Å². The van der Waals surface area contributed by atoms with Gasteiger partial charge in [0.25, 0.3) is 4.84 Å². The van der Waals surface area contributed by atoms with E-state index in [0.29, 0.717) is 28.9 Å². The van der Waals surface area contributed by atoms with Gasteiger partial charge in [0.2, 0.25) is 5.89 Å². The molecule has 8 heteroatoms. The molecule has 0 radical (unpaired) electrons.